The summed E-state index contributed by atoms with van der Waals surface area (Å²) in [6.07, 6.45) is 1.49. The smallest absolute Gasteiger partial charge is 0.263 e. The summed E-state index contributed by atoms with van der Waals surface area (Å²) in [5.41, 5.74) is 1.02. The van der Waals surface area contributed by atoms with E-state index in [0.717, 1.165) is 4.47 Å². The zero-order valence-electron chi connectivity index (χ0n) is 14.9. The van der Waals surface area contributed by atoms with Crippen molar-refractivity contribution in [3.8, 4) is 11.6 Å². The molecular formula is C18H14Br2N4O4S. The van der Waals surface area contributed by atoms with Gasteiger partial charge in [-0.25, -0.2) is 8.42 Å². The molecule has 0 aliphatic carbocycles. The molecule has 2 N–H and O–H groups in total. The Labute approximate surface area is 184 Å². The summed E-state index contributed by atoms with van der Waals surface area (Å²) < 4.78 is 33.5. The molecule has 0 aliphatic rings. The third kappa shape index (κ3) is 5.31. The predicted molar refractivity (Wildman–Crippen MR) is 117 cm³/mol. The monoisotopic (exact) mass is 540 g/mol. The van der Waals surface area contributed by atoms with E-state index in [9.17, 15) is 13.5 Å². The van der Waals surface area contributed by atoms with Crippen molar-refractivity contribution >= 4 is 59.6 Å². The van der Waals surface area contributed by atoms with Crippen molar-refractivity contribution in [1.82, 2.24) is 10.2 Å². The van der Waals surface area contributed by atoms with Gasteiger partial charge in [0, 0.05) is 22.3 Å². The van der Waals surface area contributed by atoms with E-state index in [2.05, 4.69) is 51.8 Å². The van der Waals surface area contributed by atoms with Gasteiger partial charge in [-0.3, -0.25) is 9.71 Å². The fraction of sp³-hybridized carbons (Fsp3) is 0.0556. The van der Waals surface area contributed by atoms with Crippen LogP contribution in [0.4, 0.5) is 11.5 Å². The van der Waals surface area contributed by atoms with Crippen LogP contribution in [-0.4, -0.2) is 37.0 Å². The highest BCUT2D eigenvalue weighted by Crippen LogP contribution is 2.31. The topological polar surface area (TPSA) is 114 Å². The molecule has 11 heteroatoms. The normalized spacial score (nSPS) is 11.6. The molecule has 0 atom stereocenters. The lowest BCUT2D eigenvalue weighted by atomic mass is 10.2. The number of nitrogens with zero attached hydrogens (tertiary/aromatic N) is 3. The standard InChI is InChI=1S/C18H14Br2N4O4S/c1-28-17-7-6-16(22-23-17)24-29(26,27)14-4-2-13(3-5-14)21-10-11-8-12(19)9-15(20)18(11)25/h2-10,25H,1H3,(H,22,24). The predicted octanol–water partition coefficient (Wildman–Crippen LogP) is 4.27. The van der Waals surface area contributed by atoms with Gasteiger partial charge in [-0.2, -0.15) is 0 Å². The van der Waals surface area contributed by atoms with Gasteiger partial charge in [0.1, 0.15) is 5.75 Å². The molecule has 0 aliphatic heterocycles. The number of aliphatic imine (C=N–C) groups is 1. The lowest BCUT2D eigenvalue weighted by Crippen LogP contribution is -2.14. The second kappa shape index (κ2) is 8.89. The minimum atomic E-state index is -3.83. The van der Waals surface area contributed by atoms with Gasteiger partial charge in [0.15, 0.2) is 5.82 Å². The fourth-order valence-corrected chi connectivity index (χ4v) is 4.47. The number of phenolic OH excluding ortho intramolecular Hbond substituents is 1. The average Bonchev–Trinajstić information content (AvgIpc) is 2.70. The first-order chi connectivity index (χ1) is 13.8. The molecule has 0 saturated carbocycles. The number of nitrogens with one attached hydrogen (secondary N) is 1. The van der Waals surface area contributed by atoms with Crippen molar-refractivity contribution < 1.29 is 18.3 Å². The number of anilines is 1. The van der Waals surface area contributed by atoms with Crippen LogP contribution in [-0.2, 0) is 10.0 Å². The number of methoxy groups -OCH3 is 1. The van der Waals surface area contributed by atoms with Gasteiger partial charge in [0.05, 0.1) is 22.2 Å². The zero-order chi connectivity index (χ0) is 21.0. The summed E-state index contributed by atoms with van der Waals surface area (Å²) in [7, 11) is -2.39. The van der Waals surface area contributed by atoms with Crippen LogP contribution < -0.4 is 9.46 Å². The van der Waals surface area contributed by atoms with E-state index in [0.29, 0.717) is 15.7 Å². The molecule has 3 aromatic rings. The number of phenols is 1. The number of aromatic hydroxyl groups is 1. The van der Waals surface area contributed by atoms with Gasteiger partial charge in [-0.1, -0.05) is 15.9 Å². The molecule has 0 bridgehead atoms. The van der Waals surface area contributed by atoms with Crippen molar-refractivity contribution in [1.29, 1.82) is 0 Å². The molecule has 29 heavy (non-hydrogen) atoms. The fourth-order valence-electron chi connectivity index (χ4n) is 2.22. The molecule has 1 aromatic heterocycles. The molecule has 8 nitrogen and oxygen atoms in total. The van der Waals surface area contributed by atoms with E-state index in [1.54, 1.807) is 24.3 Å². The summed E-state index contributed by atoms with van der Waals surface area (Å²) in [4.78, 5) is 4.31. The number of aromatic nitrogens is 2. The van der Waals surface area contributed by atoms with E-state index < -0.39 is 10.0 Å². The molecular weight excluding hydrogens is 528 g/mol. The Hall–Kier alpha value is -2.50. The minimum Gasteiger partial charge on any atom is -0.506 e. The van der Waals surface area contributed by atoms with Gasteiger partial charge in [0.2, 0.25) is 5.88 Å². The first kappa shape index (κ1) is 21.2. The van der Waals surface area contributed by atoms with Crippen LogP contribution in [0.2, 0.25) is 0 Å². The van der Waals surface area contributed by atoms with Crippen LogP contribution in [0, 0.1) is 0 Å². The zero-order valence-corrected chi connectivity index (χ0v) is 18.9. The van der Waals surface area contributed by atoms with Crippen LogP contribution in [0.25, 0.3) is 0 Å². The minimum absolute atomic E-state index is 0.0436. The third-order valence-corrected chi connectivity index (χ3v) is 6.08. The Bertz CT molecular complexity index is 1150. The van der Waals surface area contributed by atoms with Crippen LogP contribution in [0.5, 0.6) is 11.6 Å². The van der Waals surface area contributed by atoms with Crippen LogP contribution in [0.3, 0.4) is 0 Å². The molecule has 0 unspecified atom stereocenters. The first-order valence-corrected chi connectivity index (χ1v) is 11.1. The number of benzene rings is 2. The Kier molecular flexibility index (Phi) is 6.50. The van der Waals surface area contributed by atoms with Gasteiger partial charge >= 0.3 is 0 Å². The summed E-state index contributed by atoms with van der Waals surface area (Å²) in [5.74, 6) is 0.406. The maximum Gasteiger partial charge on any atom is 0.263 e. The third-order valence-electron chi connectivity index (χ3n) is 3.65. The van der Waals surface area contributed by atoms with Crippen molar-refractivity contribution in [2.75, 3.05) is 11.8 Å². The lowest BCUT2D eigenvalue weighted by molar-refractivity contribution is 0.392. The van der Waals surface area contributed by atoms with E-state index in [-0.39, 0.29) is 22.3 Å². The number of halogens is 2. The van der Waals surface area contributed by atoms with Crippen LogP contribution in [0.1, 0.15) is 5.56 Å². The van der Waals surface area contributed by atoms with Crippen molar-refractivity contribution in [2.24, 2.45) is 4.99 Å². The summed E-state index contributed by atoms with van der Waals surface area (Å²) in [5, 5.41) is 17.5. The molecule has 1 heterocycles. The highest BCUT2D eigenvalue weighted by atomic mass is 79.9. The van der Waals surface area contributed by atoms with Gasteiger partial charge in [0.25, 0.3) is 10.0 Å². The molecule has 150 valence electrons. The Morgan fingerprint density at radius 1 is 1.10 bits per heavy atom. The van der Waals surface area contributed by atoms with Gasteiger partial charge in [-0.05, 0) is 58.4 Å². The Morgan fingerprint density at radius 3 is 2.45 bits per heavy atom. The highest BCUT2D eigenvalue weighted by Gasteiger charge is 2.15. The van der Waals surface area contributed by atoms with Gasteiger partial charge in [-0.15, -0.1) is 10.2 Å². The van der Waals surface area contributed by atoms with Crippen LogP contribution in [0.15, 0.2) is 67.4 Å². The number of sulfonamides is 1. The van der Waals surface area contributed by atoms with E-state index in [1.807, 2.05) is 0 Å². The molecule has 3 rings (SSSR count). The maximum absolute atomic E-state index is 12.5. The van der Waals surface area contributed by atoms with Crippen molar-refractivity contribution in [3.05, 3.63) is 63.0 Å². The van der Waals surface area contributed by atoms with E-state index in [4.69, 9.17) is 4.74 Å². The number of rotatable bonds is 6. The second-order valence-electron chi connectivity index (χ2n) is 5.64. The molecule has 0 spiro atoms. The molecule has 0 radical (unpaired) electrons. The SMILES string of the molecule is COc1ccc(NS(=O)(=O)c2ccc(N=Cc3cc(Br)cc(Br)c3O)cc2)nn1. The number of ether oxygens (including phenoxy) is 1. The van der Waals surface area contributed by atoms with Crippen LogP contribution >= 0.6 is 31.9 Å². The summed E-state index contributed by atoms with van der Waals surface area (Å²) >= 11 is 6.60. The number of hydrogen-bond donors (Lipinski definition) is 2. The quantitative estimate of drug-likeness (QED) is 0.450. The lowest BCUT2D eigenvalue weighted by Gasteiger charge is -2.07. The highest BCUT2D eigenvalue weighted by molar-refractivity contribution is 9.11. The molecule has 2 aromatic carbocycles. The van der Waals surface area contributed by atoms with Crippen molar-refractivity contribution in [3.63, 3.8) is 0 Å². The summed E-state index contributed by atoms with van der Waals surface area (Å²) in [6, 6.07) is 12.3. The second-order valence-corrected chi connectivity index (χ2v) is 9.10. The molecule has 0 fully saturated rings. The molecule has 0 amide bonds. The largest absolute Gasteiger partial charge is 0.506 e. The molecule has 0 saturated heterocycles. The van der Waals surface area contributed by atoms with Gasteiger partial charge < -0.3 is 9.84 Å². The Morgan fingerprint density at radius 2 is 1.83 bits per heavy atom. The first-order valence-electron chi connectivity index (χ1n) is 8.01. The van der Waals surface area contributed by atoms with E-state index >= 15 is 0 Å². The Balaban J connectivity index is 1.77. The summed E-state index contributed by atoms with van der Waals surface area (Å²) in [6.45, 7) is 0. The van der Waals surface area contributed by atoms with Crippen molar-refractivity contribution in [2.45, 2.75) is 4.90 Å². The average molecular weight is 542 g/mol. The number of hydrogen-bond acceptors (Lipinski definition) is 7. The van der Waals surface area contributed by atoms with E-state index in [1.165, 1.54) is 37.6 Å². The maximum atomic E-state index is 12.5.